The van der Waals surface area contributed by atoms with E-state index in [1.165, 1.54) is 28.9 Å². The Bertz CT molecular complexity index is 888. The second-order valence-electron chi connectivity index (χ2n) is 4.89. The second kappa shape index (κ2) is 5.75. The zero-order valence-corrected chi connectivity index (χ0v) is 13.5. The fourth-order valence-electron chi connectivity index (χ4n) is 2.00. The molecule has 0 fully saturated rings. The first kappa shape index (κ1) is 15.6. The molecule has 2 aromatic carbocycles. The van der Waals surface area contributed by atoms with E-state index in [2.05, 4.69) is 10.1 Å². The average molecular weight is 352 g/mol. The normalized spacial score (nSPS) is 11.6. The highest BCUT2D eigenvalue weighted by molar-refractivity contribution is 7.90. The summed E-state index contributed by atoms with van der Waals surface area (Å²) in [4.78, 5) is 4.09. The van der Waals surface area contributed by atoms with Crippen molar-refractivity contribution >= 4 is 21.4 Å². The lowest BCUT2D eigenvalue weighted by atomic mass is 10.2. The van der Waals surface area contributed by atoms with Crippen molar-refractivity contribution in [3.05, 3.63) is 59.4 Å². The van der Waals surface area contributed by atoms with Gasteiger partial charge in [0.2, 0.25) is 9.84 Å². The lowest BCUT2D eigenvalue weighted by Gasteiger charge is -2.06. The minimum absolute atomic E-state index is 0.299. The molecule has 0 N–H and O–H groups in total. The zero-order valence-electron chi connectivity index (χ0n) is 11.9. The Kier molecular flexibility index (Phi) is 3.91. The van der Waals surface area contributed by atoms with Crippen LogP contribution < -0.4 is 0 Å². The van der Waals surface area contributed by atoms with Crippen molar-refractivity contribution in [2.45, 2.75) is 5.16 Å². The van der Waals surface area contributed by atoms with Crippen LogP contribution in [0.25, 0.3) is 17.1 Å². The van der Waals surface area contributed by atoms with Gasteiger partial charge in [0.1, 0.15) is 5.82 Å². The van der Waals surface area contributed by atoms with E-state index in [0.29, 0.717) is 22.1 Å². The molecule has 1 heterocycles. The van der Waals surface area contributed by atoms with E-state index in [1.807, 2.05) is 0 Å². The largest absolute Gasteiger partial charge is 0.267 e. The molecule has 0 unspecified atom stereocenters. The van der Waals surface area contributed by atoms with E-state index in [4.69, 9.17) is 11.6 Å². The summed E-state index contributed by atoms with van der Waals surface area (Å²) in [5.74, 6) is -0.0950. The molecule has 3 rings (SSSR count). The van der Waals surface area contributed by atoms with Crippen LogP contribution in [-0.2, 0) is 9.84 Å². The number of hydrogen-bond donors (Lipinski definition) is 0. The lowest BCUT2D eigenvalue weighted by molar-refractivity contribution is 0.592. The van der Waals surface area contributed by atoms with Crippen LogP contribution in [0.4, 0.5) is 4.39 Å². The van der Waals surface area contributed by atoms with Gasteiger partial charge in [-0.2, -0.15) is 4.98 Å². The second-order valence-corrected chi connectivity index (χ2v) is 7.23. The first-order chi connectivity index (χ1) is 10.8. The van der Waals surface area contributed by atoms with Gasteiger partial charge < -0.3 is 0 Å². The van der Waals surface area contributed by atoms with Gasteiger partial charge in [0.15, 0.2) is 5.82 Å². The number of nitrogens with zero attached hydrogens (tertiary/aromatic N) is 3. The Hall–Kier alpha value is -2.25. The van der Waals surface area contributed by atoms with E-state index < -0.39 is 15.7 Å². The van der Waals surface area contributed by atoms with E-state index in [9.17, 15) is 12.8 Å². The maximum Gasteiger partial charge on any atom is 0.267 e. The van der Waals surface area contributed by atoms with E-state index in [-0.39, 0.29) is 5.16 Å². The van der Waals surface area contributed by atoms with Crippen molar-refractivity contribution in [3.8, 4) is 17.1 Å². The SMILES string of the molecule is CS(=O)(=O)c1nc(-c2ccc(F)cc2)n(-c2ccc(Cl)cc2)n1. The number of benzene rings is 2. The first-order valence-electron chi connectivity index (χ1n) is 6.53. The molecule has 5 nitrogen and oxygen atoms in total. The van der Waals surface area contributed by atoms with Gasteiger partial charge in [-0.15, -0.1) is 5.10 Å². The summed E-state index contributed by atoms with van der Waals surface area (Å²) in [6.45, 7) is 0. The highest BCUT2D eigenvalue weighted by Crippen LogP contribution is 2.23. The molecule has 118 valence electrons. The number of halogens is 2. The smallest absolute Gasteiger partial charge is 0.221 e. The predicted molar refractivity (Wildman–Crippen MR) is 84.9 cm³/mol. The summed E-state index contributed by atoms with van der Waals surface area (Å²) in [7, 11) is -3.58. The van der Waals surface area contributed by atoms with Crippen molar-refractivity contribution < 1.29 is 12.8 Å². The summed E-state index contributed by atoms with van der Waals surface area (Å²) in [6.07, 6.45) is 1.03. The van der Waals surface area contributed by atoms with Crippen LogP contribution in [0, 0.1) is 5.82 Å². The number of rotatable bonds is 3. The Labute approximate surface area is 137 Å². The highest BCUT2D eigenvalue weighted by atomic mass is 35.5. The number of aromatic nitrogens is 3. The van der Waals surface area contributed by atoms with Gasteiger partial charge in [-0.1, -0.05) is 11.6 Å². The van der Waals surface area contributed by atoms with Crippen LogP contribution in [0.2, 0.25) is 5.02 Å². The van der Waals surface area contributed by atoms with Crippen molar-refractivity contribution in [3.63, 3.8) is 0 Å². The maximum absolute atomic E-state index is 13.1. The average Bonchev–Trinajstić information content (AvgIpc) is 2.94. The number of hydrogen-bond acceptors (Lipinski definition) is 4. The summed E-state index contributed by atoms with van der Waals surface area (Å²) in [6, 6.07) is 12.3. The third-order valence-electron chi connectivity index (χ3n) is 3.09. The summed E-state index contributed by atoms with van der Waals surface area (Å²) < 4.78 is 38.0. The zero-order chi connectivity index (χ0) is 16.6. The van der Waals surface area contributed by atoms with E-state index >= 15 is 0 Å². The molecule has 0 saturated heterocycles. The van der Waals surface area contributed by atoms with E-state index in [0.717, 1.165) is 6.26 Å². The molecule has 0 spiro atoms. The molecule has 0 amide bonds. The van der Waals surface area contributed by atoms with Crippen molar-refractivity contribution in [1.29, 1.82) is 0 Å². The quantitative estimate of drug-likeness (QED) is 0.727. The van der Waals surface area contributed by atoms with Crippen LogP contribution in [0.15, 0.2) is 53.7 Å². The van der Waals surface area contributed by atoms with Crippen LogP contribution in [-0.4, -0.2) is 29.4 Å². The van der Waals surface area contributed by atoms with Crippen molar-refractivity contribution in [1.82, 2.24) is 14.8 Å². The molecular weight excluding hydrogens is 341 g/mol. The molecular formula is C15H11ClFN3O2S. The summed E-state index contributed by atoms with van der Waals surface area (Å²) in [5, 5.41) is 4.30. The molecule has 1 aromatic heterocycles. The van der Waals surface area contributed by atoms with Gasteiger partial charge in [0, 0.05) is 16.8 Å². The van der Waals surface area contributed by atoms with Crippen molar-refractivity contribution in [2.75, 3.05) is 6.26 Å². The van der Waals surface area contributed by atoms with Gasteiger partial charge in [-0.25, -0.2) is 17.5 Å². The third kappa shape index (κ3) is 3.25. The Balaban J connectivity index is 2.22. The fourth-order valence-corrected chi connectivity index (χ4v) is 2.61. The highest BCUT2D eigenvalue weighted by Gasteiger charge is 2.20. The van der Waals surface area contributed by atoms with Gasteiger partial charge in [-0.05, 0) is 48.5 Å². The summed E-state index contributed by atoms with van der Waals surface area (Å²) >= 11 is 5.87. The molecule has 0 atom stereocenters. The topological polar surface area (TPSA) is 64.8 Å². The van der Waals surface area contributed by atoms with E-state index in [1.54, 1.807) is 24.3 Å². The predicted octanol–water partition coefficient (Wildman–Crippen LogP) is 3.13. The Morgan fingerprint density at radius 2 is 1.65 bits per heavy atom. The number of sulfone groups is 1. The molecule has 0 radical (unpaired) electrons. The van der Waals surface area contributed by atoms with Crippen LogP contribution >= 0.6 is 11.6 Å². The molecule has 23 heavy (non-hydrogen) atoms. The monoisotopic (exact) mass is 351 g/mol. The van der Waals surface area contributed by atoms with Gasteiger partial charge in [0.25, 0.3) is 5.16 Å². The van der Waals surface area contributed by atoms with Crippen LogP contribution in [0.3, 0.4) is 0 Å². The molecule has 0 aliphatic rings. The molecule has 0 aliphatic heterocycles. The third-order valence-corrected chi connectivity index (χ3v) is 4.18. The lowest BCUT2D eigenvalue weighted by Crippen LogP contribution is -2.02. The van der Waals surface area contributed by atoms with Gasteiger partial charge in [-0.3, -0.25) is 0 Å². The maximum atomic E-state index is 13.1. The molecule has 8 heteroatoms. The standard InChI is InChI=1S/C15H11ClFN3O2S/c1-23(21,22)15-18-14(10-2-6-12(17)7-3-10)20(19-15)13-8-4-11(16)5-9-13/h2-9H,1H3. The van der Waals surface area contributed by atoms with Gasteiger partial charge in [0.05, 0.1) is 5.69 Å². The minimum atomic E-state index is -3.58. The molecule has 3 aromatic rings. The van der Waals surface area contributed by atoms with Gasteiger partial charge >= 0.3 is 0 Å². The Morgan fingerprint density at radius 1 is 1.04 bits per heavy atom. The fraction of sp³-hybridized carbons (Fsp3) is 0.0667. The minimum Gasteiger partial charge on any atom is -0.221 e. The molecule has 0 aliphatic carbocycles. The summed E-state index contributed by atoms with van der Waals surface area (Å²) in [5.41, 5.74) is 1.14. The van der Waals surface area contributed by atoms with Crippen molar-refractivity contribution in [2.24, 2.45) is 0 Å². The molecule has 0 saturated carbocycles. The first-order valence-corrected chi connectivity index (χ1v) is 8.80. The van der Waals surface area contributed by atoms with Crippen LogP contribution in [0.5, 0.6) is 0 Å². The van der Waals surface area contributed by atoms with Crippen LogP contribution in [0.1, 0.15) is 0 Å². The Morgan fingerprint density at radius 3 is 2.22 bits per heavy atom. The molecule has 0 bridgehead atoms.